The van der Waals surface area contributed by atoms with E-state index >= 15 is 0 Å². The molecule has 1 aliphatic heterocycles. The lowest BCUT2D eigenvalue weighted by atomic mass is 9.69. The fraction of sp³-hybridized carbons (Fsp3) is 0.333. The number of Topliss-reactive ketones (excluding diaryl/α,β-unsaturated/α-hetero) is 1. The lowest BCUT2D eigenvalue weighted by Gasteiger charge is -2.44. The summed E-state index contributed by atoms with van der Waals surface area (Å²) in [4.78, 5) is 17.5. The summed E-state index contributed by atoms with van der Waals surface area (Å²) in [5.74, 6) is 0.0495. The normalized spacial score (nSPS) is 21.0. The van der Waals surface area contributed by atoms with Gasteiger partial charge in [0, 0.05) is 32.5 Å². The second-order valence-electron chi connectivity index (χ2n) is 8.81. The fourth-order valence-electron chi connectivity index (χ4n) is 4.52. The summed E-state index contributed by atoms with van der Waals surface area (Å²) in [6.45, 7) is 8.16. The Bertz CT molecular complexity index is 1170. The molecule has 1 aliphatic carbocycles. The number of nitrogens with zero attached hydrogens (tertiary/aromatic N) is 2. The van der Waals surface area contributed by atoms with E-state index in [1.165, 1.54) is 0 Å². The lowest BCUT2D eigenvalue weighted by Crippen LogP contribution is -2.42. The highest BCUT2D eigenvalue weighted by atomic mass is 35.5. The van der Waals surface area contributed by atoms with E-state index in [-0.39, 0.29) is 11.2 Å². The first-order valence-electron chi connectivity index (χ1n) is 9.92. The zero-order valence-corrected chi connectivity index (χ0v) is 19.1. The maximum Gasteiger partial charge on any atom is 0.162 e. The number of benzene rings is 1. The molecule has 1 aromatic carbocycles. The maximum absolute atomic E-state index is 13.5. The Morgan fingerprint density at radius 3 is 2.60 bits per heavy atom. The van der Waals surface area contributed by atoms with Crippen molar-refractivity contribution < 1.29 is 4.79 Å². The van der Waals surface area contributed by atoms with Crippen LogP contribution in [-0.4, -0.2) is 5.78 Å². The molecule has 4 rings (SSSR count). The van der Waals surface area contributed by atoms with Gasteiger partial charge in [-0.25, -0.2) is 0 Å². The van der Waals surface area contributed by atoms with Gasteiger partial charge >= 0.3 is 0 Å². The van der Waals surface area contributed by atoms with Crippen molar-refractivity contribution in [2.45, 2.75) is 46.5 Å². The third-order valence-electron chi connectivity index (χ3n) is 5.91. The number of thiophene rings is 1. The monoisotopic (exact) mass is 437 g/mol. The molecule has 1 atom stereocenters. The van der Waals surface area contributed by atoms with Crippen molar-refractivity contribution in [3.8, 4) is 6.07 Å². The van der Waals surface area contributed by atoms with Crippen LogP contribution in [0.1, 0.15) is 47.9 Å². The van der Waals surface area contributed by atoms with Gasteiger partial charge in [0.15, 0.2) is 5.78 Å². The van der Waals surface area contributed by atoms with Gasteiger partial charge in [0.2, 0.25) is 0 Å². The van der Waals surface area contributed by atoms with Gasteiger partial charge in [-0.3, -0.25) is 9.69 Å². The first-order chi connectivity index (χ1) is 14.1. The number of ketones is 1. The number of carbonyl (C=O) groups excluding carboxylic acids is 1. The molecule has 0 bridgehead atoms. The maximum atomic E-state index is 13.5. The predicted molar refractivity (Wildman–Crippen MR) is 122 cm³/mol. The highest BCUT2D eigenvalue weighted by Crippen LogP contribution is 2.51. The summed E-state index contributed by atoms with van der Waals surface area (Å²) in [5.41, 5.74) is 10.1. The van der Waals surface area contributed by atoms with Crippen LogP contribution in [0.4, 0.5) is 5.69 Å². The summed E-state index contributed by atoms with van der Waals surface area (Å²) in [5, 5.41) is 10.7. The molecule has 30 heavy (non-hydrogen) atoms. The standard InChI is InChI=1S/C24H24ClN3OS/c1-13-8-9-20(30-13)21-15(12-26)23(27)28(17-7-5-6-16(25)14(17)2)18-10-24(3,4)11-19(29)22(18)21/h5-9,21H,10-11,27H2,1-4H3. The Morgan fingerprint density at radius 1 is 1.23 bits per heavy atom. The van der Waals surface area contributed by atoms with Gasteiger partial charge in [0.25, 0.3) is 0 Å². The molecule has 2 N–H and O–H groups in total. The number of hydrogen-bond acceptors (Lipinski definition) is 5. The van der Waals surface area contributed by atoms with Crippen molar-refractivity contribution in [1.82, 2.24) is 0 Å². The molecule has 6 heteroatoms. The minimum atomic E-state index is -0.414. The molecule has 0 fully saturated rings. The van der Waals surface area contributed by atoms with Crippen molar-refractivity contribution in [2.24, 2.45) is 11.1 Å². The third kappa shape index (κ3) is 3.25. The first-order valence-corrected chi connectivity index (χ1v) is 11.1. The van der Waals surface area contributed by atoms with E-state index in [0.29, 0.717) is 34.8 Å². The van der Waals surface area contributed by atoms with Crippen LogP contribution in [-0.2, 0) is 4.79 Å². The van der Waals surface area contributed by atoms with Crippen LogP contribution < -0.4 is 10.6 Å². The average Bonchev–Trinajstić information content (AvgIpc) is 3.09. The van der Waals surface area contributed by atoms with Crippen molar-refractivity contribution in [3.05, 3.63) is 73.3 Å². The van der Waals surface area contributed by atoms with Crippen molar-refractivity contribution >= 4 is 34.4 Å². The summed E-state index contributed by atoms with van der Waals surface area (Å²) >= 11 is 8.02. The number of carbonyl (C=O) groups is 1. The Balaban J connectivity index is 2.03. The van der Waals surface area contributed by atoms with Crippen LogP contribution in [0, 0.1) is 30.6 Å². The number of anilines is 1. The predicted octanol–water partition coefficient (Wildman–Crippen LogP) is 5.96. The van der Waals surface area contributed by atoms with E-state index in [0.717, 1.165) is 26.7 Å². The van der Waals surface area contributed by atoms with Crippen LogP contribution in [0.2, 0.25) is 5.02 Å². The molecule has 1 unspecified atom stereocenters. The minimum absolute atomic E-state index is 0.0854. The van der Waals surface area contributed by atoms with Crippen LogP contribution in [0.3, 0.4) is 0 Å². The molecular formula is C24H24ClN3OS. The van der Waals surface area contributed by atoms with Crippen LogP contribution in [0.25, 0.3) is 0 Å². The molecule has 0 saturated heterocycles. The van der Waals surface area contributed by atoms with E-state index in [1.54, 1.807) is 11.3 Å². The topological polar surface area (TPSA) is 70.1 Å². The molecule has 2 aromatic rings. The van der Waals surface area contributed by atoms with E-state index in [4.69, 9.17) is 17.3 Å². The molecule has 0 spiro atoms. The molecule has 2 heterocycles. The number of aryl methyl sites for hydroxylation is 1. The number of allylic oxidation sites excluding steroid dienone is 3. The molecule has 2 aliphatic rings. The highest BCUT2D eigenvalue weighted by Gasteiger charge is 2.45. The molecule has 154 valence electrons. The summed E-state index contributed by atoms with van der Waals surface area (Å²) in [7, 11) is 0. The van der Waals surface area contributed by atoms with Gasteiger partial charge in [-0.15, -0.1) is 11.3 Å². The molecule has 0 saturated carbocycles. The van der Waals surface area contributed by atoms with Crippen LogP contribution >= 0.6 is 22.9 Å². The molecule has 4 nitrogen and oxygen atoms in total. The molecule has 0 radical (unpaired) electrons. The minimum Gasteiger partial charge on any atom is -0.384 e. The van der Waals surface area contributed by atoms with Gasteiger partial charge < -0.3 is 5.73 Å². The third-order valence-corrected chi connectivity index (χ3v) is 7.38. The van der Waals surface area contributed by atoms with Gasteiger partial charge in [0.1, 0.15) is 5.82 Å². The smallest absolute Gasteiger partial charge is 0.162 e. The van der Waals surface area contributed by atoms with E-state index in [9.17, 15) is 10.1 Å². The number of nitrogens with two attached hydrogens (primary N) is 1. The molecule has 1 aromatic heterocycles. The Hall–Kier alpha value is -2.55. The van der Waals surface area contributed by atoms with Crippen molar-refractivity contribution in [2.75, 3.05) is 4.90 Å². The largest absolute Gasteiger partial charge is 0.384 e. The highest BCUT2D eigenvalue weighted by molar-refractivity contribution is 7.12. The number of hydrogen-bond donors (Lipinski definition) is 1. The zero-order valence-electron chi connectivity index (χ0n) is 17.5. The SMILES string of the molecule is Cc1ccc(C2C(C#N)=C(N)N(c3cccc(Cl)c3C)C3=C2C(=O)CC(C)(C)C3)s1. The number of halogens is 1. The zero-order chi connectivity index (χ0) is 21.8. The van der Waals surface area contributed by atoms with Gasteiger partial charge in [0.05, 0.1) is 23.2 Å². The Kier molecular flexibility index (Phi) is 5.04. The van der Waals surface area contributed by atoms with E-state index in [2.05, 4.69) is 19.9 Å². The fourth-order valence-corrected chi connectivity index (χ4v) is 5.68. The van der Waals surface area contributed by atoms with Crippen molar-refractivity contribution in [3.63, 3.8) is 0 Å². The van der Waals surface area contributed by atoms with Gasteiger partial charge in [-0.2, -0.15) is 5.26 Å². The molecule has 0 amide bonds. The second kappa shape index (κ2) is 7.30. The first kappa shape index (κ1) is 20.7. The lowest BCUT2D eigenvalue weighted by molar-refractivity contribution is -0.118. The molecular weight excluding hydrogens is 414 g/mol. The summed E-state index contributed by atoms with van der Waals surface area (Å²) in [6.07, 6.45) is 1.15. The number of nitriles is 1. The van der Waals surface area contributed by atoms with Gasteiger partial charge in [-0.05, 0) is 55.5 Å². The van der Waals surface area contributed by atoms with E-state index in [1.807, 2.05) is 49.1 Å². The van der Waals surface area contributed by atoms with Gasteiger partial charge in [-0.1, -0.05) is 31.5 Å². The Labute approximate surface area is 186 Å². The Morgan fingerprint density at radius 2 is 1.97 bits per heavy atom. The van der Waals surface area contributed by atoms with Crippen LogP contribution in [0.15, 0.2) is 53.0 Å². The second-order valence-corrected chi connectivity index (χ2v) is 10.5. The summed E-state index contributed by atoms with van der Waals surface area (Å²) in [6, 6.07) is 12.0. The summed E-state index contributed by atoms with van der Waals surface area (Å²) < 4.78 is 0. The van der Waals surface area contributed by atoms with Crippen LogP contribution in [0.5, 0.6) is 0 Å². The number of rotatable bonds is 2. The van der Waals surface area contributed by atoms with E-state index < -0.39 is 5.92 Å². The quantitative estimate of drug-likeness (QED) is 0.629. The average molecular weight is 438 g/mol. The van der Waals surface area contributed by atoms with Crippen molar-refractivity contribution in [1.29, 1.82) is 5.26 Å².